The molecule has 0 unspecified atom stereocenters. The first-order chi connectivity index (χ1) is 18.4. The highest BCUT2D eigenvalue weighted by Crippen LogP contribution is 2.32. The summed E-state index contributed by atoms with van der Waals surface area (Å²) in [4.78, 5) is 26.1. The van der Waals surface area contributed by atoms with Crippen molar-refractivity contribution >= 4 is 16.9 Å². The Morgan fingerprint density at radius 1 is 1.00 bits per heavy atom. The summed E-state index contributed by atoms with van der Waals surface area (Å²) in [5, 5.41) is 32.4. The molecular formula is C29H37NO8. The standard InChI is InChI=1S/C29H37NO8/c1-3-5-6-10-24(31)35-17-23-26(32)27(33)28(29(34)36-23)38-37-22-9-7-8-21-25(22)20(16-30-21)15-19-13-11-18(4-2)12-14-19/h7-9,11-14,16,23,26-30,32-34H,3-6,10,15,17H2,1-2H3/t23-,26-,27+,28-,29-/m1/s1. The first kappa shape index (κ1) is 28.1. The molecule has 0 radical (unpaired) electrons. The summed E-state index contributed by atoms with van der Waals surface area (Å²) in [5.74, 6) is -0.0300. The van der Waals surface area contributed by atoms with Crippen LogP contribution in [-0.2, 0) is 32.0 Å². The highest BCUT2D eigenvalue weighted by Gasteiger charge is 2.46. The molecule has 3 aromatic rings. The molecule has 0 amide bonds. The monoisotopic (exact) mass is 527 g/mol. The fourth-order valence-corrected chi connectivity index (χ4v) is 4.58. The van der Waals surface area contributed by atoms with Gasteiger partial charge in [-0.1, -0.05) is 57.0 Å². The van der Waals surface area contributed by atoms with E-state index in [9.17, 15) is 20.1 Å². The van der Waals surface area contributed by atoms with Gasteiger partial charge < -0.3 is 34.7 Å². The lowest BCUT2D eigenvalue weighted by Crippen LogP contribution is -2.59. The van der Waals surface area contributed by atoms with E-state index in [1.165, 1.54) is 5.56 Å². The minimum absolute atomic E-state index is 0.262. The van der Waals surface area contributed by atoms with Crippen molar-refractivity contribution in [2.24, 2.45) is 0 Å². The zero-order valence-electron chi connectivity index (χ0n) is 21.8. The van der Waals surface area contributed by atoms with Gasteiger partial charge in [0.05, 0.1) is 0 Å². The SMILES string of the molecule is CCCCCC(=O)OC[C@H]1O[C@@H](O)[C@H](OOc2cccc3[nH]cc(Cc4ccc(CC)cc4)c23)[C@@H](O)[C@@H]1O. The third-order valence-electron chi connectivity index (χ3n) is 6.88. The zero-order chi connectivity index (χ0) is 27.1. The van der Waals surface area contributed by atoms with Gasteiger partial charge >= 0.3 is 5.97 Å². The summed E-state index contributed by atoms with van der Waals surface area (Å²) < 4.78 is 10.5. The molecule has 206 valence electrons. The van der Waals surface area contributed by atoms with Crippen LogP contribution in [-0.4, -0.2) is 63.6 Å². The van der Waals surface area contributed by atoms with E-state index < -0.39 is 36.7 Å². The maximum atomic E-state index is 11.9. The molecule has 38 heavy (non-hydrogen) atoms. The van der Waals surface area contributed by atoms with Crippen molar-refractivity contribution in [3.8, 4) is 5.75 Å². The zero-order valence-corrected chi connectivity index (χ0v) is 21.8. The van der Waals surface area contributed by atoms with Gasteiger partial charge in [0, 0.05) is 23.5 Å². The quantitative estimate of drug-likeness (QED) is 0.122. The van der Waals surface area contributed by atoms with Crippen LogP contribution in [0.15, 0.2) is 48.7 Å². The lowest BCUT2D eigenvalue weighted by atomic mass is 9.99. The molecule has 2 heterocycles. The summed E-state index contributed by atoms with van der Waals surface area (Å²) >= 11 is 0. The third kappa shape index (κ3) is 6.73. The summed E-state index contributed by atoms with van der Waals surface area (Å²) in [5.41, 5.74) is 4.25. The Morgan fingerprint density at radius 3 is 2.50 bits per heavy atom. The van der Waals surface area contributed by atoms with Crippen molar-refractivity contribution in [2.45, 2.75) is 83.1 Å². The number of rotatable bonds is 12. The first-order valence-corrected chi connectivity index (χ1v) is 13.3. The Bertz CT molecular complexity index is 1180. The van der Waals surface area contributed by atoms with Crippen molar-refractivity contribution < 1.29 is 39.4 Å². The molecule has 4 N–H and O–H groups in total. The Labute approximate surface area is 222 Å². The van der Waals surface area contributed by atoms with Gasteiger partial charge in [0.1, 0.15) is 24.9 Å². The highest BCUT2D eigenvalue weighted by atomic mass is 17.2. The molecule has 1 aliphatic rings. The number of ether oxygens (including phenoxy) is 2. The first-order valence-electron chi connectivity index (χ1n) is 13.3. The Morgan fingerprint density at radius 2 is 1.76 bits per heavy atom. The Balaban J connectivity index is 1.39. The molecular weight excluding hydrogens is 490 g/mol. The van der Waals surface area contributed by atoms with E-state index in [1.54, 1.807) is 12.1 Å². The number of benzene rings is 2. The predicted molar refractivity (Wildman–Crippen MR) is 140 cm³/mol. The maximum Gasteiger partial charge on any atom is 0.305 e. The third-order valence-corrected chi connectivity index (χ3v) is 6.88. The molecule has 1 aliphatic heterocycles. The number of aromatic nitrogens is 1. The molecule has 4 rings (SSSR count). The van der Waals surface area contributed by atoms with Gasteiger partial charge in [0.25, 0.3) is 0 Å². The summed E-state index contributed by atoms with van der Waals surface area (Å²) in [6.07, 6.45) is -0.676. The molecule has 0 saturated carbocycles. The predicted octanol–water partition coefficient (Wildman–Crippen LogP) is 3.56. The lowest BCUT2D eigenvalue weighted by Gasteiger charge is -2.39. The number of nitrogens with one attached hydrogen (secondary N) is 1. The van der Waals surface area contributed by atoms with Gasteiger partial charge in [0.2, 0.25) is 0 Å². The highest BCUT2D eigenvalue weighted by molar-refractivity contribution is 5.89. The minimum Gasteiger partial charge on any atom is -0.463 e. The van der Waals surface area contributed by atoms with Crippen molar-refractivity contribution in [3.63, 3.8) is 0 Å². The normalized spacial score (nSPS) is 23.4. The van der Waals surface area contributed by atoms with E-state index in [-0.39, 0.29) is 13.0 Å². The number of aryl methyl sites for hydroxylation is 1. The average molecular weight is 528 g/mol. The second-order valence-electron chi connectivity index (χ2n) is 9.67. The molecule has 2 aromatic carbocycles. The summed E-state index contributed by atoms with van der Waals surface area (Å²) in [6, 6.07) is 13.9. The summed E-state index contributed by atoms with van der Waals surface area (Å²) in [7, 11) is 0. The molecule has 9 heteroatoms. The molecule has 5 atom stereocenters. The number of hydrogen-bond donors (Lipinski definition) is 4. The van der Waals surface area contributed by atoms with Gasteiger partial charge in [-0.2, -0.15) is 4.89 Å². The molecule has 0 bridgehead atoms. The molecule has 1 fully saturated rings. The molecule has 0 spiro atoms. The molecule has 0 aliphatic carbocycles. The fraction of sp³-hybridized carbons (Fsp3) is 0.483. The number of esters is 1. The number of hydrogen-bond acceptors (Lipinski definition) is 8. The van der Waals surface area contributed by atoms with Crippen LogP contribution in [0.25, 0.3) is 10.9 Å². The number of aromatic amines is 1. The number of unbranched alkanes of at least 4 members (excludes halogenated alkanes) is 2. The van der Waals surface area contributed by atoms with Crippen molar-refractivity contribution in [2.75, 3.05) is 6.61 Å². The van der Waals surface area contributed by atoms with Crippen LogP contribution in [0.3, 0.4) is 0 Å². The van der Waals surface area contributed by atoms with E-state index in [0.717, 1.165) is 41.3 Å². The smallest absolute Gasteiger partial charge is 0.305 e. The lowest BCUT2D eigenvalue weighted by molar-refractivity contribution is -0.364. The topological polar surface area (TPSA) is 130 Å². The summed E-state index contributed by atoms with van der Waals surface area (Å²) in [6.45, 7) is 3.86. The number of carbonyl (C=O) groups excluding carboxylic acids is 1. The second kappa shape index (κ2) is 13.2. The number of aliphatic hydroxyl groups is 3. The number of carbonyl (C=O) groups is 1. The average Bonchev–Trinajstić information content (AvgIpc) is 3.34. The van der Waals surface area contributed by atoms with Crippen molar-refractivity contribution in [3.05, 3.63) is 65.4 Å². The van der Waals surface area contributed by atoms with Gasteiger partial charge in [-0.3, -0.25) is 4.79 Å². The number of fused-ring (bicyclic) bond motifs is 1. The number of aliphatic hydroxyl groups excluding tert-OH is 3. The van der Waals surface area contributed by atoms with Gasteiger partial charge in [-0.05, 0) is 48.1 Å². The van der Waals surface area contributed by atoms with Crippen molar-refractivity contribution in [1.29, 1.82) is 0 Å². The minimum atomic E-state index is -1.61. The number of H-pyrrole nitrogens is 1. The second-order valence-corrected chi connectivity index (χ2v) is 9.67. The van der Waals surface area contributed by atoms with Crippen LogP contribution >= 0.6 is 0 Å². The van der Waals surface area contributed by atoms with Gasteiger partial charge in [0.15, 0.2) is 18.1 Å². The van der Waals surface area contributed by atoms with E-state index in [1.807, 2.05) is 19.2 Å². The molecule has 1 aromatic heterocycles. The van der Waals surface area contributed by atoms with Crippen molar-refractivity contribution in [1.82, 2.24) is 4.98 Å². The Kier molecular flexibility index (Phi) is 9.76. The van der Waals surface area contributed by atoms with Gasteiger partial charge in [-0.15, -0.1) is 0 Å². The van der Waals surface area contributed by atoms with E-state index in [2.05, 4.69) is 36.2 Å². The van der Waals surface area contributed by atoms with Gasteiger partial charge in [-0.25, -0.2) is 0 Å². The molecule has 9 nitrogen and oxygen atoms in total. The van der Waals surface area contributed by atoms with E-state index in [4.69, 9.17) is 19.2 Å². The maximum absolute atomic E-state index is 11.9. The van der Waals surface area contributed by atoms with E-state index in [0.29, 0.717) is 18.6 Å². The molecule has 1 saturated heterocycles. The van der Waals surface area contributed by atoms with Crippen LogP contribution in [0, 0.1) is 0 Å². The van der Waals surface area contributed by atoms with Crippen LogP contribution in [0.2, 0.25) is 0 Å². The van der Waals surface area contributed by atoms with Crippen LogP contribution in [0.4, 0.5) is 0 Å². The van der Waals surface area contributed by atoms with E-state index >= 15 is 0 Å². The fourth-order valence-electron chi connectivity index (χ4n) is 4.58. The van der Waals surface area contributed by atoms with Crippen LogP contribution in [0.5, 0.6) is 5.75 Å². The van der Waals surface area contributed by atoms with Crippen LogP contribution in [0.1, 0.15) is 56.2 Å². The Hall–Kier alpha value is -2.95. The van der Waals surface area contributed by atoms with Crippen LogP contribution < -0.4 is 4.89 Å². The largest absolute Gasteiger partial charge is 0.463 e.